The maximum atomic E-state index is 14.4. The number of hydrogen-bond donors (Lipinski definition) is 1. The molecule has 0 radical (unpaired) electrons. The molecule has 24 heavy (non-hydrogen) atoms. The number of aromatic carboxylic acids is 1. The van der Waals surface area contributed by atoms with Gasteiger partial charge in [0.15, 0.2) is 0 Å². The van der Waals surface area contributed by atoms with Gasteiger partial charge in [-0.05, 0) is 47.7 Å². The number of rotatable bonds is 2. The van der Waals surface area contributed by atoms with E-state index < -0.39 is 5.97 Å². The van der Waals surface area contributed by atoms with Crippen molar-refractivity contribution in [2.75, 3.05) is 5.32 Å². The Bertz CT molecular complexity index is 844. The van der Waals surface area contributed by atoms with Crippen LogP contribution < -0.4 is 10.4 Å². The van der Waals surface area contributed by atoms with Gasteiger partial charge in [0.25, 0.3) is 0 Å². The Kier molecular flexibility index (Phi) is 3.57. The van der Waals surface area contributed by atoms with Crippen molar-refractivity contribution in [2.45, 2.75) is 18.4 Å². The maximum Gasteiger partial charge on any atom is 0.129 e. The van der Waals surface area contributed by atoms with Crippen molar-refractivity contribution in [3.05, 3.63) is 76.1 Å². The summed E-state index contributed by atoms with van der Waals surface area (Å²) in [6, 6.07) is 9.28. The average molecular weight is 343 g/mol. The van der Waals surface area contributed by atoms with Gasteiger partial charge < -0.3 is 15.2 Å². The van der Waals surface area contributed by atoms with Crippen LogP contribution in [0.1, 0.15) is 39.9 Å². The normalized spacial score (nSPS) is 24.2. The molecule has 1 aliphatic heterocycles. The van der Waals surface area contributed by atoms with E-state index in [1.807, 2.05) is 0 Å². The molecule has 0 saturated carbocycles. The Morgan fingerprint density at radius 1 is 1.29 bits per heavy atom. The quantitative estimate of drug-likeness (QED) is 0.847. The fourth-order valence-corrected chi connectivity index (χ4v) is 4.10. The monoisotopic (exact) mass is 342 g/mol. The molecule has 0 unspecified atom stereocenters. The Balaban J connectivity index is 1.83. The average Bonchev–Trinajstić information content (AvgIpc) is 3.04. The van der Waals surface area contributed by atoms with Gasteiger partial charge in [0.2, 0.25) is 0 Å². The van der Waals surface area contributed by atoms with Crippen LogP contribution >= 0.6 is 11.6 Å². The molecular weight excluding hydrogens is 329 g/mol. The molecule has 1 aliphatic carbocycles. The minimum atomic E-state index is -1.20. The van der Waals surface area contributed by atoms with Gasteiger partial charge in [-0.15, -0.1) is 0 Å². The molecule has 1 N–H and O–H groups in total. The summed E-state index contributed by atoms with van der Waals surface area (Å²) >= 11 is 6.26. The molecule has 0 fully saturated rings. The Labute approximate surface area is 143 Å². The lowest BCUT2D eigenvalue weighted by molar-refractivity contribution is -0.255. The standard InChI is InChI=1S/C19H15ClFNO2/c20-14-5-2-6-15(21)17(14)18-12-4-1-3-11(12)13-9-10(19(23)24)7-8-16(13)22-18/h1-3,5-9,11-12,18,22H,4H2,(H,23,24)/p-1/t11-,12+,18-/m1/s1. The molecule has 122 valence electrons. The molecule has 0 bridgehead atoms. The molecule has 0 amide bonds. The molecule has 3 nitrogen and oxygen atoms in total. The van der Waals surface area contributed by atoms with Crippen LogP contribution in [-0.4, -0.2) is 5.97 Å². The van der Waals surface area contributed by atoms with Gasteiger partial charge in [-0.25, -0.2) is 4.39 Å². The third-order valence-corrected chi connectivity index (χ3v) is 5.24. The number of nitrogens with one attached hydrogen (secondary N) is 1. The van der Waals surface area contributed by atoms with Crippen LogP contribution in [0, 0.1) is 11.7 Å². The number of carboxylic acids is 1. The number of hydrogen-bond acceptors (Lipinski definition) is 3. The smallest absolute Gasteiger partial charge is 0.129 e. The first-order chi connectivity index (χ1) is 11.6. The van der Waals surface area contributed by atoms with Gasteiger partial charge >= 0.3 is 0 Å². The van der Waals surface area contributed by atoms with Crippen molar-refractivity contribution in [3.63, 3.8) is 0 Å². The fraction of sp³-hybridized carbons (Fsp3) is 0.211. The molecule has 2 aromatic carbocycles. The van der Waals surface area contributed by atoms with Crippen molar-refractivity contribution in [1.82, 2.24) is 0 Å². The van der Waals surface area contributed by atoms with Gasteiger partial charge in [-0.1, -0.05) is 35.9 Å². The Morgan fingerprint density at radius 3 is 2.88 bits per heavy atom. The zero-order valence-corrected chi connectivity index (χ0v) is 13.4. The van der Waals surface area contributed by atoms with Gasteiger partial charge in [0, 0.05) is 22.2 Å². The summed E-state index contributed by atoms with van der Waals surface area (Å²) in [5.41, 5.74) is 2.32. The van der Waals surface area contributed by atoms with Crippen LogP contribution in [-0.2, 0) is 0 Å². The van der Waals surface area contributed by atoms with E-state index in [9.17, 15) is 14.3 Å². The number of benzene rings is 2. The van der Waals surface area contributed by atoms with Crippen LogP contribution in [0.2, 0.25) is 5.02 Å². The zero-order valence-electron chi connectivity index (χ0n) is 12.6. The minimum Gasteiger partial charge on any atom is -0.545 e. The first-order valence-electron chi connectivity index (χ1n) is 7.78. The fourth-order valence-electron chi connectivity index (χ4n) is 3.81. The van der Waals surface area contributed by atoms with E-state index in [2.05, 4.69) is 17.5 Å². The van der Waals surface area contributed by atoms with Crippen molar-refractivity contribution < 1.29 is 14.3 Å². The highest BCUT2D eigenvalue weighted by atomic mass is 35.5. The first kappa shape index (κ1) is 15.2. The molecule has 1 heterocycles. The zero-order chi connectivity index (χ0) is 16.8. The summed E-state index contributed by atoms with van der Waals surface area (Å²) in [7, 11) is 0. The maximum absolute atomic E-state index is 14.4. The van der Waals surface area contributed by atoms with E-state index in [-0.39, 0.29) is 29.3 Å². The molecule has 4 rings (SSSR count). The van der Waals surface area contributed by atoms with Gasteiger partial charge in [-0.2, -0.15) is 0 Å². The van der Waals surface area contributed by atoms with Crippen LogP contribution in [0.15, 0.2) is 48.6 Å². The highest BCUT2D eigenvalue weighted by Gasteiger charge is 2.39. The van der Waals surface area contributed by atoms with Crippen molar-refractivity contribution in [1.29, 1.82) is 0 Å². The predicted molar refractivity (Wildman–Crippen MR) is 88.5 cm³/mol. The van der Waals surface area contributed by atoms with E-state index in [0.29, 0.717) is 10.6 Å². The van der Waals surface area contributed by atoms with E-state index >= 15 is 0 Å². The topological polar surface area (TPSA) is 52.2 Å². The number of anilines is 1. The summed E-state index contributed by atoms with van der Waals surface area (Å²) in [6.07, 6.45) is 4.90. The Morgan fingerprint density at radius 2 is 2.12 bits per heavy atom. The van der Waals surface area contributed by atoms with Gasteiger partial charge in [0.05, 0.1) is 12.0 Å². The molecule has 0 aromatic heterocycles. The number of carbonyl (C=O) groups excluding carboxylic acids is 1. The van der Waals surface area contributed by atoms with Crippen LogP contribution in [0.5, 0.6) is 0 Å². The van der Waals surface area contributed by atoms with Crippen LogP contribution in [0.25, 0.3) is 0 Å². The van der Waals surface area contributed by atoms with Gasteiger partial charge in [-0.3, -0.25) is 0 Å². The second kappa shape index (κ2) is 5.64. The van der Waals surface area contributed by atoms with Crippen LogP contribution in [0.4, 0.5) is 10.1 Å². The summed E-state index contributed by atoms with van der Waals surface area (Å²) in [4.78, 5) is 11.1. The number of fused-ring (bicyclic) bond motifs is 3. The van der Waals surface area contributed by atoms with E-state index in [1.54, 1.807) is 24.3 Å². The summed E-state index contributed by atoms with van der Waals surface area (Å²) in [5, 5.41) is 14.9. The first-order valence-corrected chi connectivity index (χ1v) is 8.16. The van der Waals surface area contributed by atoms with Gasteiger partial charge in [0.1, 0.15) is 5.82 Å². The molecule has 2 aliphatic rings. The third kappa shape index (κ3) is 2.29. The molecule has 0 spiro atoms. The van der Waals surface area contributed by atoms with Crippen molar-refractivity contribution in [3.8, 4) is 0 Å². The van der Waals surface area contributed by atoms with Crippen LogP contribution in [0.3, 0.4) is 0 Å². The number of carbonyl (C=O) groups is 1. The second-order valence-corrected chi connectivity index (χ2v) is 6.61. The van der Waals surface area contributed by atoms with E-state index in [1.165, 1.54) is 12.1 Å². The molecular formula is C19H14ClFNO2-. The minimum absolute atomic E-state index is 0.0289. The number of allylic oxidation sites excluding steroid dienone is 2. The number of carboxylic acid groups (broad SMARTS) is 1. The molecule has 2 aromatic rings. The second-order valence-electron chi connectivity index (χ2n) is 6.20. The molecule has 0 saturated heterocycles. The third-order valence-electron chi connectivity index (χ3n) is 4.91. The summed E-state index contributed by atoms with van der Waals surface area (Å²) < 4.78 is 14.4. The lowest BCUT2D eigenvalue weighted by atomic mass is 9.76. The van der Waals surface area contributed by atoms with E-state index in [4.69, 9.17) is 11.6 Å². The highest BCUT2D eigenvalue weighted by Crippen LogP contribution is 2.51. The summed E-state index contributed by atoms with van der Waals surface area (Å²) in [6.45, 7) is 0. The molecule has 3 atom stereocenters. The molecule has 5 heteroatoms. The number of halogens is 2. The largest absolute Gasteiger partial charge is 0.545 e. The SMILES string of the molecule is O=C([O-])c1ccc2c(c1)[C@@H]1C=CC[C@@H]1[C@H](c1c(F)cccc1Cl)N2. The lowest BCUT2D eigenvalue weighted by Gasteiger charge is -2.38. The Hall–Kier alpha value is -2.33. The van der Waals surface area contributed by atoms with Crippen molar-refractivity contribution in [2.24, 2.45) is 5.92 Å². The van der Waals surface area contributed by atoms with Crippen molar-refractivity contribution >= 4 is 23.3 Å². The predicted octanol–water partition coefficient (Wildman–Crippen LogP) is 3.67. The lowest BCUT2D eigenvalue weighted by Crippen LogP contribution is -2.30. The van der Waals surface area contributed by atoms with E-state index in [0.717, 1.165) is 17.7 Å². The highest BCUT2D eigenvalue weighted by molar-refractivity contribution is 6.31. The summed E-state index contributed by atoms with van der Waals surface area (Å²) in [5.74, 6) is -1.42.